The van der Waals surface area contributed by atoms with Crippen molar-refractivity contribution in [2.75, 3.05) is 6.54 Å². The summed E-state index contributed by atoms with van der Waals surface area (Å²) >= 11 is 0. The van der Waals surface area contributed by atoms with Crippen molar-refractivity contribution < 1.29 is 13.2 Å². The third-order valence-electron chi connectivity index (χ3n) is 2.19. The maximum atomic E-state index is 12.3. The highest BCUT2D eigenvalue weighted by atomic mass is 19.4. The molecule has 0 aliphatic rings. The first-order chi connectivity index (χ1) is 8.08. The Bertz CT molecular complexity index is 413. The van der Waals surface area contributed by atoms with E-state index in [0.717, 1.165) is 11.6 Å². The van der Waals surface area contributed by atoms with Crippen LogP contribution >= 0.6 is 0 Å². The molecule has 0 aromatic carbocycles. The number of alkyl halides is 3. The Morgan fingerprint density at radius 3 is 2.44 bits per heavy atom. The molecule has 0 fully saturated rings. The van der Waals surface area contributed by atoms with Crippen molar-refractivity contribution in [2.24, 2.45) is 0 Å². The zero-order valence-electron chi connectivity index (χ0n) is 10.8. The number of hydrogen-bond acceptors (Lipinski definition) is 2. The van der Waals surface area contributed by atoms with Gasteiger partial charge in [0.15, 0.2) is 5.69 Å². The molecule has 1 rings (SSSR count). The van der Waals surface area contributed by atoms with Gasteiger partial charge in [0.2, 0.25) is 0 Å². The topological polar surface area (TPSA) is 29.9 Å². The van der Waals surface area contributed by atoms with Crippen LogP contribution in [0.15, 0.2) is 24.4 Å². The second-order valence-electron chi connectivity index (χ2n) is 5.25. The van der Waals surface area contributed by atoms with Gasteiger partial charge in [-0.25, -0.2) is 0 Å². The monoisotopic (exact) mass is 261 g/mol. The lowest BCUT2D eigenvalue weighted by Gasteiger charge is -2.21. The molecule has 0 spiro atoms. The van der Waals surface area contributed by atoms with Crippen LogP contribution in [0, 0.1) is 0 Å². The molecule has 0 unspecified atom stereocenters. The number of nitrogens with one attached hydrogen (secondary N) is 1. The minimum Gasteiger partial charge on any atom is -0.308 e. The van der Waals surface area contributed by atoms with E-state index in [1.165, 1.54) is 10.9 Å². The van der Waals surface area contributed by atoms with Gasteiger partial charge >= 0.3 is 6.18 Å². The van der Waals surface area contributed by atoms with Gasteiger partial charge in [-0.15, -0.1) is 0 Å². The van der Waals surface area contributed by atoms with Crippen LogP contribution in [0.2, 0.25) is 0 Å². The number of nitrogens with zero attached hydrogens (tertiary/aromatic N) is 2. The molecule has 1 aromatic heterocycles. The predicted octanol–water partition coefficient (Wildman–Crippen LogP) is 2.85. The molecule has 3 nitrogen and oxygen atoms in total. The molecule has 0 amide bonds. The molecule has 1 aromatic rings. The Labute approximate surface area is 105 Å². The molecule has 1 N–H and O–H groups in total. The lowest BCUT2D eigenvalue weighted by molar-refractivity contribution is -0.141. The fourth-order valence-corrected chi connectivity index (χ4v) is 1.28. The van der Waals surface area contributed by atoms with Crippen molar-refractivity contribution in [2.45, 2.75) is 39.0 Å². The largest absolute Gasteiger partial charge is 0.435 e. The van der Waals surface area contributed by atoms with Crippen molar-refractivity contribution in [3.8, 4) is 0 Å². The average molecular weight is 261 g/mol. The lowest BCUT2D eigenvalue weighted by Crippen LogP contribution is -2.37. The summed E-state index contributed by atoms with van der Waals surface area (Å²) in [5.74, 6) is 0. The van der Waals surface area contributed by atoms with Crippen LogP contribution in [0.4, 0.5) is 13.2 Å². The van der Waals surface area contributed by atoms with Crippen LogP contribution in [0.3, 0.4) is 0 Å². The first-order valence-electron chi connectivity index (χ1n) is 5.60. The van der Waals surface area contributed by atoms with Gasteiger partial charge in [0, 0.05) is 18.3 Å². The van der Waals surface area contributed by atoms with Crippen LogP contribution in [-0.4, -0.2) is 21.9 Å². The van der Waals surface area contributed by atoms with Gasteiger partial charge in [-0.1, -0.05) is 6.58 Å². The summed E-state index contributed by atoms with van der Waals surface area (Å²) in [5.41, 5.74) is -0.148. The summed E-state index contributed by atoms with van der Waals surface area (Å²) in [5, 5.41) is 6.69. The molecular weight excluding hydrogens is 243 g/mol. The summed E-state index contributed by atoms with van der Waals surface area (Å²) in [6, 6.07) is 0.963. The smallest absolute Gasteiger partial charge is 0.308 e. The van der Waals surface area contributed by atoms with E-state index in [4.69, 9.17) is 0 Å². The summed E-state index contributed by atoms with van der Waals surface area (Å²) in [4.78, 5) is 0. The van der Waals surface area contributed by atoms with Crippen LogP contribution < -0.4 is 5.32 Å². The standard InChI is InChI=1S/C12H18F3N3/c1-9(7-16-11(2,3)4)8-18-6-5-10(17-18)12(13,14)15/h5-6,16H,1,7-8H2,2-4H3. The Morgan fingerprint density at radius 1 is 1.39 bits per heavy atom. The quantitative estimate of drug-likeness (QED) is 0.845. The molecule has 0 bridgehead atoms. The zero-order valence-corrected chi connectivity index (χ0v) is 10.8. The van der Waals surface area contributed by atoms with E-state index in [-0.39, 0.29) is 12.1 Å². The van der Waals surface area contributed by atoms with Gasteiger partial charge in [0.1, 0.15) is 0 Å². The predicted molar refractivity (Wildman–Crippen MR) is 64.1 cm³/mol. The maximum absolute atomic E-state index is 12.3. The van der Waals surface area contributed by atoms with E-state index >= 15 is 0 Å². The van der Waals surface area contributed by atoms with Crippen LogP contribution in [0.25, 0.3) is 0 Å². The number of hydrogen-bond donors (Lipinski definition) is 1. The van der Waals surface area contributed by atoms with Crippen LogP contribution in [0.5, 0.6) is 0 Å². The third kappa shape index (κ3) is 4.91. The van der Waals surface area contributed by atoms with E-state index in [0.29, 0.717) is 6.54 Å². The zero-order chi connectivity index (χ0) is 14.0. The van der Waals surface area contributed by atoms with E-state index in [1.807, 2.05) is 20.8 Å². The second kappa shape index (κ2) is 5.14. The summed E-state index contributed by atoms with van der Waals surface area (Å²) in [6.45, 7) is 10.7. The van der Waals surface area contributed by atoms with E-state index in [9.17, 15) is 13.2 Å². The average Bonchev–Trinajstić information content (AvgIpc) is 2.61. The third-order valence-corrected chi connectivity index (χ3v) is 2.19. The Balaban J connectivity index is 2.53. The van der Waals surface area contributed by atoms with Crippen LogP contribution in [-0.2, 0) is 12.7 Å². The summed E-state index contributed by atoms with van der Waals surface area (Å²) < 4.78 is 38.2. The molecule has 0 saturated carbocycles. The molecule has 0 atom stereocenters. The molecule has 0 saturated heterocycles. The van der Waals surface area contributed by atoms with Crippen LogP contribution in [0.1, 0.15) is 26.5 Å². The molecule has 0 radical (unpaired) electrons. The fraction of sp³-hybridized carbons (Fsp3) is 0.583. The minimum absolute atomic E-state index is 0.0514. The normalized spacial score (nSPS) is 12.8. The van der Waals surface area contributed by atoms with Crippen molar-refractivity contribution in [1.29, 1.82) is 0 Å². The first-order valence-corrected chi connectivity index (χ1v) is 5.60. The van der Waals surface area contributed by atoms with E-state index < -0.39 is 11.9 Å². The Hall–Kier alpha value is -1.30. The summed E-state index contributed by atoms with van der Waals surface area (Å²) in [6.07, 6.45) is -3.08. The van der Waals surface area contributed by atoms with Crippen molar-refractivity contribution in [1.82, 2.24) is 15.1 Å². The van der Waals surface area contributed by atoms with Gasteiger partial charge in [0.25, 0.3) is 0 Å². The molecule has 6 heteroatoms. The maximum Gasteiger partial charge on any atom is 0.435 e. The van der Waals surface area contributed by atoms with Gasteiger partial charge < -0.3 is 5.32 Å². The van der Waals surface area contributed by atoms with Crippen molar-refractivity contribution >= 4 is 0 Å². The molecule has 102 valence electrons. The van der Waals surface area contributed by atoms with Crippen molar-refractivity contribution in [3.05, 3.63) is 30.1 Å². The minimum atomic E-state index is -4.39. The van der Waals surface area contributed by atoms with Crippen molar-refractivity contribution in [3.63, 3.8) is 0 Å². The van der Waals surface area contributed by atoms with E-state index in [2.05, 4.69) is 17.0 Å². The molecule has 18 heavy (non-hydrogen) atoms. The second-order valence-corrected chi connectivity index (χ2v) is 5.25. The Morgan fingerprint density at radius 2 is 2.00 bits per heavy atom. The lowest BCUT2D eigenvalue weighted by atomic mass is 10.1. The molecule has 1 heterocycles. The highest BCUT2D eigenvalue weighted by Crippen LogP contribution is 2.27. The highest BCUT2D eigenvalue weighted by Gasteiger charge is 2.33. The molecule has 0 aliphatic heterocycles. The van der Waals surface area contributed by atoms with Gasteiger partial charge in [-0.05, 0) is 32.4 Å². The number of rotatable bonds is 4. The van der Waals surface area contributed by atoms with Gasteiger partial charge in [-0.3, -0.25) is 4.68 Å². The number of halogens is 3. The molecular formula is C12H18F3N3. The number of aromatic nitrogens is 2. The summed E-state index contributed by atoms with van der Waals surface area (Å²) in [7, 11) is 0. The fourth-order valence-electron chi connectivity index (χ4n) is 1.28. The highest BCUT2D eigenvalue weighted by molar-refractivity contribution is 5.06. The van der Waals surface area contributed by atoms with Gasteiger partial charge in [-0.2, -0.15) is 18.3 Å². The SMILES string of the molecule is C=C(CNC(C)(C)C)Cn1ccc(C(F)(F)F)n1. The first kappa shape index (κ1) is 14.8. The van der Waals surface area contributed by atoms with Gasteiger partial charge in [0.05, 0.1) is 6.54 Å². The Kier molecular flexibility index (Phi) is 4.21. The van der Waals surface area contributed by atoms with E-state index in [1.54, 1.807) is 0 Å². The molecule has 0 aliphatic carbocycles.